The van der Waals surface area contributed by atoms with Crippen LogP contribution in [-0.4, -0.2) is 74.8 Å². The Balaban J connectivity index is 1.56. The van der Waals surface area contributed by atoms with Gasteiger partial charge < -0.3 is 30.4 Å². The number of rotatable bonds is 13. The lowest BCUT2D eigenvalue weighted by atomic mass is 9.88. The topological polar surface area (TPSA) is 164 Å². The summed E-state index contributed by atoms with van der Waals surface area (Å²) in [6, 6.07) is 16.5. The van der Waals surface area contributed by atoms with Crippen LogP contribution in [0.4, 0.5) is 10.5 Å². The van der Waals surface area contributed by atoms with Gasteiger partial charge in [0.15, 0.2) is 6.29 Å². The van der Waals surface area contributed by atoms with Crippen LogP contribution in [0.15, 0.2) is 59.5 Å². The molecule has 4 N–H and O–H groups in total. The first-order chi connectivity index (χ1) is 20.0. The molecule has 0 radical (unpaired) electrons. The predicted molar refractivity (Wildman–Crippen MR) is 155 cm³/mol. The minimum absolute atomic E-state index is 0.00710. The van der Waals surface area contributed by atoms with Crippen LogP contribution in [0.1, 0.15) is 38.7 Å². The molecule has 0 saturated carbocycles. The van der Waals surface area contributed by atoms with Crippen molar-refractivity contribution in [1.82, 2.24) is 9.62 Å². The van der Waals surface area contributed by atoms with Crippen LogP contribution in [-0.2, 0) is 30.7 Å². The number of aliphatic hydroxyl groups is 1. The Hall–Kier alpha value is -3.21. The molecule has 0 bridgehead atoms. The van der Waals surface area contributed by atoms with Gasteiger partial charge in [-0.15, -0.1) is 0 Å². The highest BCUT2D eigenvalue weighted by Gasteiger charge is 2.44. The molecule has 11 nitrogen and oxygen atoms in total. The molecule has 2 heterocycles. The van der Waals surface area contributed by atoms with Crippen molar-refractivity contribution in [3.05, 3.63) is 60.2 Å². The van der Waals surface area contributed by atoms with Crippen LogP contribution in [0.3, 0.4) is 0 Å². The van der Waals surface area contributed by atoms with Crippen LogP contribution in [0.5, 0.6) is 0 Å². The molecule has 42 heavy (non-hydrogen) atoms. The highest BCUT2D eigenvalue weighted by molar-refractivity contribution is 7.89. The van der Waals surface area contributed by atoms with Crippen molar-refractivity contribution in [2.45, 2.75) is 69.0 Å². The number of benzene rings is 2. The number of hydrogen-bond donors (Lipinski definition) is 3. The number of amides is 1. The summed E-state index contributed by atoms with van der Waals surface area (Å²) in [7, 11) is -4.10. The molecule has 12 heteroatoms. The highest BCUT2D eigenvalue weighted by Crippen LogP contribution is 2.33. The number of carbonyl (C=O) groups excluding carboxylic acids is 1. The molecule has 0 aliphatic carbocycles. The van der Waals surface area contributed by atoms with Gasteiger partial charge in [0.25, 0.3) is 0 Å². The molecule has 0 unspecified atom stereocenters. The van der Waals surface area contributed by atoms with Crippen LogP contribution in [0.25, 0.3) is 0 Å². The number of sulfonamides is 1. The van der Waals surface area contributed by atoms with Crippen LogP contribution >= 0.6 is 0 Å². The third kappa shape index (κ3) is 8.20. The standard InChI is InChI=1S/C30H40N4O7S/c1-30(2,13-7-14-31)20-34(42(37,38)23-11-6-10-22(32)17-23)18-26(35)25(16-21-8-4-3-5-9-21)33-29(36)41-27-19-40-28-24(27)12-15-39-28/h3-6,8-11,17,24-28,35H,7,12-13,15-16,18-20,32H2,1-2H3,(H,33,36)/t24-,25-,26+,27-,28+/m0/s1. The predicted octanol–water partition coefficient (Wildman–Crippen LogP) is 3.05. The number of fused-ring (bicyclic) bond motifs is 1. The summed E-state index contributed by atoms with van der Waals surface area (Å²) in [6.07, 6.45) is -1.23. The van der Waals surface area contributed by atoms with Crippen molar-refractivity contribution in [2.75, 3.05) is 32.0 Å². The first kappa shape index (κ1) is 31.7. The van der Waals surface area contributed by atoms with Gasteiger partial charge in [-0.05, 0) is 48.4 Å². The van der Waals surface area contributed by atoms with Gasteiger partial charge >= 0.3 is 6.09 Å². The molecular weight excluding hydrogens is 560 g/mol. The molecule has 0 aromatic heterocycles. The maximum atomic E-state index is 13.9. The molecule has 228 valence electrons. The number of nitrogens with two attached hydrogens (primary N) is 1. The van der Waals surface area contributed by atoms with Crippen molar-refractivity contribution < 1.29 is 32.5 Å². The number of anilines is 1. The van der Waals surface area contributed by atoms with E-state index in [1.54, 1.807) is 12.1 Å². The lowest BCUT2D eigenvalue weighted by Gasteiger charge is -2.35. The van der Waals surface area contributed by atoms with Gasteiger partial charge in [0.1, 0.15) is 6.10 Å². The van der Waals surface area contributed by atoms with Crippen LogP contribution in [0, 0.1) is 22.7 Å². The minimum atomic E-state index is -4.10. The molecule has 2 aliphatic heterocycles. The summed E-state index contributed by atoms with van der Waals surface area (Å²) in [4.78, 5) is 13.1. The first-order valence-electron chi connectivity index (χ1n) is 14.1. The molecule has 2 fully saturated rings. The summed E-state index contributed by atoms with van der Waals surface area (Å²) in [5.74, 6) is -0.0529. The van der Waals surface area contributed by atoms with Gasteiger partial charge in [-0.25, -0.2) is 13.2 Å². The van der Waals surface area contributed by atoms with E-state index in [2.05, 4.69) is 11.4 Å². The van der Waals surface area contributed by atoms with Gasteiger partial charge in [-0.1, -0.05) is 50.2 Å². The summed E-state index contributed by atoms with van der Waals surface area (Å²) in [5.41, 5.74) is 6.45. The van der Waals surface area contributed by atoms with E-state index < -0.39 is 39.8 Å². The molecule has 4 rings (SSSR count). The van der Waals surface area contributed by atoms with Gasteiger partial charge in [0, 0.05) is 25.2 Å². The van der Waals surface area contributed by atoms with Gasteiger partial charge in [-0.3, -0.25) is 0 Å². The smallest absolute Gasteiger partial charge is 0.407 e. The quantitative estimate of drug-likeness (QED) is 0.293. The number of hydrogen-bond acceptors (Lipinski definition) is 9. The molecule has 2 aliphatic rings. The monoisotopic (exact) mass is 600 g/mol. The van der Waals surface area contributed by atoms with Crippen LogP contribution in [0.2, 0.25) is 0 Å². The molecule has 5 atom stereocenters. The molecule has 2 saturated heterocycles. The van der Waals surface area contributed by atoms with E-state index in [1.165, 1.54) is 16.4 Å². The number of aliphatic hydroxyl groups excluding tert-OH is 1. The van der Waals surface area contributed by atoms with Crippen molar-refractivity contribution >= 4 is 21.8 Å². The Morgan fingerprint density at radius 1 is 1.24 bits per heavy atom. The fourth-order valence-corrected chi connectivity index (χ4v) is 7.08. The van der Waals surface area contributed by atoms with Crippen LogP contribution < -0.4 is 11.1 Å². The zero-order chi connectivity index (χ0) is 30.3. The Morgan fingerprint density at radius 2 is 2.00 bits per heavy atom. The van der Waals surface area contributed by atoms with Crippen molar-refractivity contribution in [1.29, 1.82) is 5.26 Å². The second-order valence-corrected chi connectivity index (χ2v) is 13.6. The normalized spacial score (nSPS) is 21.8. The van der Waals surface area contributed by atoms with E-state index in [-0.39, 0.29) is 55.3 Å². The van der Waals surface area contributed by atoms with E-state index in [0.717, 1.165) is 12.0 Å². The molecular formula is C30H40N4O7S. The second-order valence-electron chi connectivity index (χ2n) is 11.7. The average Bonchev–Trinajstić information content (AvgIpc) is 3.57. The largest absolute Gasteiger partial charge is 0.443 e. The number of alkyl carbamates (subject to hydrolysis) is 1. The molecule has 2 aromatic rings. The number of nitriles is 1. The third-order valence-electron chi connectivity index (χ3n) is 7.71. The third-order valence-corrected chi connectivity index (χ3v) is 9.52. The number of nitrogen functional groups attached to an aromatic ring is 1. The SMILES string of the molecule is CC(C)(CCC#N)CN(C[C@@H](O)[C@H](Cc1ccccc1)NC(=O)O[C@H]1CO[C@H]2OCC[C@H]21)S(=O)(=O)c1cccc(N)c1. The van der Waals surface area contributed by atoms with Gasteiger partial charge in [-0.2, -0.15) is 9.57 Å². The highest BCUT2D eigenvalue weighted by atomic mass is 32.2. The van der Waals surface area contributed by atoms with E-state index in [9.17, 15) is 18.3 Å². The average molecular weight is 601 g/mol. The Morgan fingerprint density at radius 3 is 2.71 bits per heavy atom. The Bertz CT molecular complexity index is 1350. The van der Waals surface area contributed by atoms with Gasteiger partial charge in [0.05, 0.1) is 42.2 Å². The van der Waals surface area contributed by atoms with E-state index in [4.69, 9.17) is 25.2 Å². The van der Waals surface area contributed by atoms with E-state index in [1.807, 2.05) is 44.2 Å². The molecule has 2 aromatic carbocycles. The summed E-state index contributed by atoms with van der Waals surface area (Å²) < 4.78 is 45.7. The van der Waals surface area contributed by atoms with E-state index >= 15 is 0 Å². The summed E-state index contributed by atoms with van der Waals surface area (Å²) in [6.45, 7) is 4.23. The fraction of sp³-hybridized carbons (Fsp3) is 0.533. The maximum absolute atomic E-state index is 13.9. The fourth-order valence-electron chi connectivity index (χ4n) is 5.38. The first-order valence-corrected chi connectivity index (χ1v) is 15.6. The Labute approximate surface area is 247 Å². The van der Waals surface area contributed by atoms with Gasteiger partial charge in [0.2, 0.25) is 10.0 Å². The molecule has 1 amide bonds. The summed E-state index contributed by atoms with van der Waals surface area (Å²) >= 11 is 0. The number of nitrogens with one attached hydrogen (secondary N) is 1. The minimum Gasteiger partial charge on any atom is -0.443 e. The number of ether oxygens (including phenoxy) is 3. The second kappa shape index (κ2) is 13.8. The van der Waals surface area contributed by atoms with Crippen molar-refractivity contribution in [3.8, 4) is 6.07 Å². The lowest BCUT2D eigenvalue weighted by Crippen LogP contribution is -2.52. The lowest BCUT2D eigenvalue weighted by molar-refractivity contribution is -0.0907. The summed E-state index contributed by atoms with van der Waals surface area (Å²) in [5, 5.41) is 23.4. The van der Waals surface area contributed by atoms with Crippen molar-refractivity contribution in [3.63, 3.8) is 0 Å². The molecule has 0 spiro atoms. The Kier molecular flexibility index (Phi) is 10.5. The number of nitrogens with zero attached hydrogens (tertiary/aromatic N) is 2. The maximum Gasteiger partial charge on any atom is 0.407 e. The van der Waals surface area contributed by atoms with E-state index in [0.29, 0.717) is 13.0 Å². The zero-order valence-corrected chi connectivity index (χ0v) is 24.8. The zero-order valence-electron chi connectivity index (χ0n) is 24.0. The van der Waals surface area contributed by atoms with Crippen molar-refractivity contribution in [2.24, 2.45) is 11.3 Å². The number of carbonyl (C=O) groups is 1.